The molecule has 3 nitrogen and oxygen atoms in total. The number of carbonyl (C=O) groups is 1. The lowest BCUT2D eigenvalue weighted by Gasteiger charge is -2.04. The third-order valence-electron chi connectivity index (χ3n) is 1.43. The van der Waals surface area contributed by atoms with Gasteiger partial charge >= 0.3 is 0 Å². The molecule has 3 heteroatoms. The van der Waals surface area contributed by atoms with E-state index in [9.17, 15) is 4.79 Å². The summed E-state index contributed by atoms with van der Waals surface area (Å²) in [5, 5.41) is 3.03. The minimum absolute atomic E-state index is 0.266. The van der Waals surface area contributed by atoms with E-state index in [0.29, 0.717) is 19.6 Å². The van der Waals surface area contributed by atoms with Crippen molar-refractivity contribution in [1.82, 2.24) is 5.32 Å². The standard InChI is InChI=1S/C6H11NO2/c1-9-4-5-2-6(8)3-7-5/h5,7H,2-4H2,1H3/t5-/m1/s1. The van der Waals surface area contributed by atoms with Gasteiger partial charge in [-0.1, -0.05) is 0 Å². The predicted molar refractivity (Wildman–Crippen MR) is 33.3 cm³/mol. The second-order valence-electron chi connectivity index (χ2n) is 2.28. The maximum absolute atomic E-state index is 10.6. The van der Waals surface area contributed by atoms with Crippen molar-refractivity contribution in [2.45, 2.75) is 12.5 Å². The third-order valence-corrected chi connectivity index (χ3v) is 1.43. The first-order valence-corrected chi connectivity index (χ1v) is 3.07. The Morgan fingerprint density at radius 1 is 1.89 bits per heavy atom. The number of hydrogen-bond acceptors (Lipinski definition) is 3. The Hall–Kier alpha value is -0.410. The molecule has 1 heterocycles. The Morgan fingerprint density at radius 2 is 2.67 bits per heavy atom. The second kappa shape index (κ2) is 2.94. The molecule has 0 aromatic carbocycles. The van der Waals surface area contributed by atoms with Crippen LogP contribution in [0.15, 0.2) is 0 Å². The Balaban J connectivity index is 2.22. The van der Waals surface area contributed by atoms with Crippen molar-refractivity contribution in [2.75, 3.05) is 20.3 Å². The van der Waals surface area contributed by atoms with Crippen LogP contribution in [0.5, 0.6) is 0 Å². The van der Waals surface area contributed by atoms with Gasteiger partial charge in [-0.25, -0.2) is 0 Å². The van der Waals surface area contributed by atoms with Crippen molar-refractivity contribution in [3.63, 3.8) is 0 Å². The van der Waals surface area contributed by atoms with Crippen LogP contribution >= 0.6 is 0 Å². The number of methoxy groups -OCH3 is 1. The van der Waals surface area contributed by atoms with Gasteiger partial charge in [0.1, 0.15) is 5.78 Å². The lowest BCUT2D eigenvalue weighted by Crippen LogP contribution is -2.25. The highest BCUT2D eigenvalue weighted by Gasteiger charge is 2.20. The van der Waals surface area contributed by atoms with Crippen LogP contribution in [-0.2, 0) is 9.53 Å². The summed E-state index contributed by atoms with van der Waals surface area (Å²) >= 11 is 0. The zero-order chi connectivity index (χ0) is 6.69. The smallest absolute Gasteiger partial charge is 0.148 e. The Bertz CT molecular complexity index is 114. The van der Waals surface area contributed by atoms with E-state index in [0.717, 1.165) is 0 Å². The van der Waals surface area contributed by atoms with Gasteiger partial charge in [0.15, 0.2) is 0 Å². The third kappa shape index (κ3) is 1.77. The van der Waals surface area contributed by atoms with E-state index in [1.54, 1.807) is 7.11 Å². The predicted octanol–water partition coefficient (Wildman–Crippen LogP) is -0.436. The molecule has 0 unspecified atom stereocenters. The van der Waals surface area contributed by atoms with Crippen molar-refractivity contribution >= 4 is 5.78 Å². The van der Waals surface area contributed by atoms with Crippen molar-refractivity contribution in [1.29, 1.82) is 0 Å². The number of Topliss-reactive ketones (excluding diaryl/α,β-unsaturated/α-hetero) is 1. The van der Waals surface area contributed by atoms with Gasteiger partial charge in [-0.2, -0.15) is 0 Å². The summed E-state index contributed by atoms with van der Waals surface area (Å²) in [5.74, 6) is 0.289. The molecule has 1 atom stereocenters. The minimum atomic E-state index is 0.266. The van der Waals surface area contributed by atoms with Crippen LogP contribution in [0.25, 0.3) is 0 Å². The molecule has 0 aromatic rings. The summed E-state index contributed by atoms with van der Waals surface area (Å²) in [6, 6.07) is 0.266. The minimum Gasteiger partial charge on any atom is -0.383 e. The van der Waals surface area contributed by atoms with E-state index < -0.39 is 0 Å². The molecular formula is C6H11NO2. The van der Waals surface area contributed by atoms with Gasteiger partial charge < -0.3 is 10.1 Å². The number of nitrogens with one attached hydrogen (secondary N) is 1. The molecule has 1 aliphatic heterocycles. The topological polar surface area (TPSA) is 38.3 Å². The average molecular weight is 129 g/mol. The van der Waals surface area contributed by atoms with Crippen LogP contribution in [-0.4, -0.2) is 32.1 Å². The number of ketones is 1. The highest BCUT2D eigenvalue weighted by Crippen LogP contribution is 2.00. The van der Waals surface area contributed by atoms with Crippen LogP contribution in [0.1, 0.15) is 6.42 Å². The molecular weight excluding hydrogens is 118 g/mol. The van der Waals surface area contributed by atoms with E-state index in [2.05, 4.69) is 5.32 Å². The average Bonchev–Trinajstić information content (AvgIpc) is 2.17. The highest BCUT2D eigenvalue weighted by molar-refractivity contribution is 5.83. The number of hydrogen-bond donors (Lipinski definition) is 1. The summed E-state index contributed by atoms with van der Waals surface area (Å²) in [6.45, 7) is 1.17. The van der Waals surface area contributed by atoms with Crippen molar-refractivity contribution in [3.8, 4) is 0 Å². The van der Waals surface area contributed by atoms with Gasteiger partial charge in [0, 0.05) is 19.6 Å². The Morgan fingerprint density at radius 3 is 3.11 bits per heavy atom. The Labute approximate surface area is 54.4 Å². The summed E-state index contributed by atoms with van der Waals surface area (Å²) in [6.07, 6.45) is 0.633. The van der Waals surface area contributed by atoms with Gasteiger partial charge in [-0.3, -0.25) is 4.79 Å². The van der Waals surface area contributed by atoms with Crippen LogP contribution in [0.3, 0.4) is 0 Å². The molecule has 0 saturated carbocycles. The van der Waals surface area contributed by atoms with Gasteiger partial charge in [0.05, 0.1) is 13.2 Å². The van der Waals surface area contributed by atoms with Crippen molar-refractivity contribution in [2.24, 2.45) is 0 Å². The number of rotatable bonds is 2. The fourth-order valence-electron chi connectivity index (χ4n) is 0.996. The molecule has 9 heavy (non-hydrogen) atoms. The van der Waals surface area contributed by atoms with E-state index in [1.165, 1.54) is 0 Å². The van der Waals surface area contributed by atoms with E-state index in [1.807, 2.05) is 0 Å². The van der Waals surface area contributed by atoms with E-state index in [4.69, 9.17) is 4.74 Å². The lowest BCUT2D eigenvalue weighted by molar-refractivity contribution is -0.116. The highest BCUT2D eigenvalue weighted by atomic mass is 16.5. The largest absolute Gasteiger partial charge is 0.383 e. The first-order chi connectivity index (χ1) is 4.33. The quantitative estimate of drug-likeness (QED) is 0.549. The summed E-state index contributed by atoms with van der Waals surface area (Å²) in [4.78, 5) is 10.6. The molecule has 52 valence electrons. The molecule has 0 aliphatic carbocycles. The van der Waals surface area contributed by atoms with Crippen molar-refractivity contribution in [3.05, 3.63) is 0 Å². The van der Waals surface area contributed by atoms with Gasteiger partial charge in [-0.05, 0) is 0 Å². The molecule has 1 fully saturated rings. The van der Waals surface area contributed by atoms with Gasteiger partial charge in [-0.15, -0.1) is 0 Å². The fourth-order valence-corrected chi connectivity index (χ4v) is 0.996. The monoisotopic (exact) mass is 129 g/mol. The number of carbonyl (C=O) groups excluding carboxylic acids is 1. The maximum Gasteiger partial charge on any atom is 0.148 e. The van der Waals surface area contributed by atoms with Crippen LogP contribution in [0.4, 0.5) is 0 Å². The fraction of sp³-hybridized carbons (Fsp3) is 0.833. The Kier molecular flexibility index (Phi) is 2.19. The maximum atomic E-state index is 10.6. The van der Waals surface area contributed by atoms with Crippen LogP contribution in [0, 0.1) is 0 Å². The van der Waals surface area contributed by atoms with E-state index in [-0.39, 0.29) is 11.8 Å². The molecule has 0 bridgehead atoms. The molecule has 0 amide bonds. The van der Waals surface area contributed by atoms with Crippen LogP contribution in [0.2, 0.25) is 0 Å². The zero-order valence-corrected chi connectivity index (χ0v) is 5.52. The summed E-state index contributed by atoms with van der Waals surface area (Å²) in [5.41, 5.74) is 0. The molecule has 0 radical (unpaired) electrons. The summed E-state index contributed by atoms with van der Waals surface area (Å²) in [7, 11) is 1.64. The first-order valence-electron chi connectivity index (χ1n) is 3.07. The second-order valence-corrected chi connectivity index (χ2v) is 2.28. The molecule has 1 saturated heterocycles. The zero-order valence-electron chi connectivity index (χ0n) is 5.52. The van der Waals surface area contributed by atoms with Gasteiger partial charge in [0.25, 0.3) is 0 Å². The molecule has 0 spiro atoms. The molecule has 0 aromatic heterocycles. The normalized spacial score (nSPS) is 27.2. The SMILES string of the molecule is COC[C@H]1CC(=O)CN1. The lowest BCUT2D eigenvalue weighted by atomic mass is 10.2. The van der Waals surface area contributed by atoms with Crippen molar-refractivity contribution < 1.29 is 9.53 Å². The van der Waals surface area contributed by atoms with Crippen LogP contribution < -0.4 is 5.32 Å². The summed E-state index contributed by atoms with van der Waals surface area (Å²) < 4.78 is 4.86. The molecule has 1 N–H and O–H groups in total. The first kappa shape index (κ1) is 6.71. The van der Waals surface area contributed by atoms with E-state index >= 15 is 0 Å². The van der Waals surface area contributed by atoms with Gasteiger partial charge in [0.2, 0.25) is 0 Å². The molecule has 1 rings (SSSR count). The number of ether oxygens (including phenoxy) is 1. The molecule has 1 aliphatic rings.